The van der Waals surface area contributed by atoms with Crippen LogP contribution in [0.15, 0.2) is 0 Å². The maximum absolute atomic E-state index is 11.2. The molecule has 0 aliphatic rings. The van der Waals surface area contributed by atoms with E-state index in [9.17, 15) is 9.59 Å². The molecular weight excluding hydrogens is 359 g/mol. The minimum atomic E-state index is -0.502. The van der Waals surface area contributed by atoms with Gasteiger partial charge in [0.25, 0.3) is 0 Å². The van der Waals surface area contributed by atoms with Crippen molar-refractivity contribution >= 4 is 11.9 Å². The van der Waals surface area contributed by atoms with Gasteiger partial charge in [-0.05, 0) is 6.42 Å². The molecule has 0 N–H and O–H groups in total. The maximum atomic E-state index is 11.2. The molecule has 0 saturated carbocycles. The average molecular weight is 407 g/mol. The molecule has 0 spiro atoms. The standard InChI is InChI=1S/C24H46O3.Na.H/c1-3-4-5-6-7-8-9-10-11-12-13-14-15-16-17-18-19-20-21-22-24(26)27-23(2)25;;/h3-22H2,1-2H3;;/q;+1;-1. The van der Waals surface area contributed by atoms with E-state index >= 15 is 0 Å². The van der Waals surface area contributed by atoms with Crippen molar-refractivity contribution in [1.29, 1.82) is 0 Å². The number of rotatable bonds is 20. The van der Waals surface area contributed by atoms with Crippen LogP contribution in [0.3, 0.4) is 0 Å². The van der Waals surface area contributed by atoms with Gasteiger partial charge in [0.15, 0.2) is 0 Å². The topological polar surface area (TPSA) is 43.4 Å². The summed E-state index contributed by atoms with van der Waals surface area (Å²) in [6.07, 6.45) is 25.8. The smallest absolute Gasteiger partial charge is 1.00 e. The second-order valence-electron chi connectivity index (χ2n) is 8.08. The van der Waals surface area contributed by atoms with Crippen molar-refractivity contribution in [2.75, 3.05) is 0 Å². The molecule has 0 aliphatic heterocycles. The SMILES string of the molecule is CCCCCCCCCCCCCCCCCCCCCC(=O)OC(C)=O.[H-].[Na+]. The first-order chi connectivity index (χ1) is 13.2. The van der Waals surface area contributed by atoms with Crippen molar-refractivity contribution in [2.24, 2.45) is 0 Å². The third-order valence-corrected chi connectivity index (χ3v) is 5.24. The van der Waals surface area contributed by atoms with Crippen LogP contribution in [0, 0.1) is 0 Å². The van der Waals surface area contributed by atoms with Crippen molar-refractivity contribution < 1.29 is 45.3 Å². The summed E-state index contributed by atoms with van der Waals surface area (Å²) in [6, 6.07) is 0. The molecule has 0 aromatic rings. The number of unbranched alkanes of at least 4 members (excludes halogenated alkanes) is 18. The van der Waals surface area contributed by atoms with Crippen LogP contribution in [-0.4, -0.2) is 11.9 Å². The largest absolute Gasteiger partial charge is 1.00 e. The van der Waals surface area contributed by atoms with E-state index in [2.05, 4.69) is 11.7 Å². The first-order valence-corrected chi connectivity index (χ1v) is 11.9. The summed E-state index contributed by atoms with van der Waals surface area (Å²) in [5, 5.41) is 0. The van der Waals surface area contributed by atoms with Gasteiger partial charge in [0.1, 0.15) is 0 Å². The van der Waals surface area contributed by atoms with Crippen molar-refractivity contribution in [3.8, 4) is 0 Å². The zero-order chi connectivity index (χ0) is 20.0. The zero-order valence-electron chi connectivity index (χ0n) is 20.4. The van der Waals surface area contributed by atoms with Crippen molar-refractivity contribution in [2.45, 2.75) is 142 Å². The molecule has 4 heteroatoms. The third-order valence-electron chi connectivity index (χ3n) is 5.24. The average Bonchev–Trinajstić information content (AvgIpc) is 2.63. The summed E-state index contributed by atoms with van der Waals surface area (Å²) in [5.74, 6) is -0.882. The molecular formula is C24H47NaO3. The molecule has 0 bridgehead atoms. The van der Waals surface area contributed by atoms with Crippen LogP contribution >= 0.6 is 0 Å². The van der Waals surface area contributed by atoms with Crippen LogP contribution in [0.25, 0.3) is 0 Å². The van der Waals surface area contributed by atoms with E-state index in [0.29, 0.717) is 6.42 Å². The minimum Gasteiger partial charge on any atom is -1.00 e. The van der Waals surface area contributed by atoms with Gasteiger partial charge in [-0.1, -0.05) is 122 Å². The van der Waals surface area contributed by atoms with Gasteiger partial charge in [-0.2, -0.15) is 0 Å². The van der Waals surface area contributed by atoms with Gasteiger partial charge in [-0.3, -0.25) is 9.59 Å². The van der Waals surface area contributed by atoms with E-state index in [4.69, 9.17) is 0 Å². The Balaban J connectivity index is -0.00000338. The van der Waals surface area contributed by atoms with Gasteiger partial charge in [-0.25, -0.2) is 0 Å². The summed E-state index contributed by atoms with van der Waals surface area (Å²) >= 11 is 0. The molecule has 0 radical (unpaired) electrons. The predicted molar refractivity (Wildman–Crippen MR) is 116 cm³/mol. The fourth-order valence-electron chi connectivity index (χ4n) is 3.56. The number of hydrogen-bond acceptors (Lipinski definition) is 3. The minimum absolute atomic E-state index is 0. The zero-order valence-corrected chi connectivity index (χ0v) is 21.4. The Bertz CT molecular complexity index is 351. The third kappa shape index (κ3) is 26.1. The monoisotopic (exact) mass is 406 g/mol. The van der Waals surface area contributed by atoms with Crippen LogP contribution in [0.2, 0.25) is 0 Å². The predicted octanol–water partition coefficient (Wildman–Crippen LogP) is 5.01. The molecule has 0 amide bonds. The van der Waals surface area contributed by atoms with Crippen molar-refractivity contribution in [3.05, 3.63) is 0 Å². The fourth-order valence-corrected chi connectivity index (χ4v) is 3.56. The van der Waals surface area contributed by atoms with E-state index in [0.717, 1.165) is 12.8 Å². The van der Waals surface area contributed by atoms with Gasteiger partial charge in [0, 0.05) is 13.3 Å². The van der Waals surface area contributed by atoms with Gasteiger partial charge in [-0.15, -0.1) is 0 Å². The Hall–Kier alpha value is 0.140. The molecule has 0 heterocycles. The first-order valence-electron chi connectivity index (χ1n) is 11.9. The Kier molecular flexibility index (Phi) is 27.3. The van der Waals surface area contributed by atoms with E-state index in [1.807, 2.05) is 0 Å². The molecule has 0 atom stereocenters. The number of carbonyl (C=O) groups is 2. The number of ether oxygens (including phenoxy) is 1. The van der Waals surface area contributed by atoms with Crippen molar-refractivity contribution in [3.63, 3.8) is 0 Å². The molecule has 0 aliphatic carbocycles. The number of hydrogen-bond donors (Lipinski definition) is 0. The first kappa shape index (κ1) is 30.3. The van der Waals surface area contributed by atoms with Gasteiger partial charge in [0.2, 0.25) is 0 Å². The van der Waals surface area contributed by atoms with Crippen LogP contribution < -0.4 is 29.6 Å². The molecule has 3 nitrogen and oxygen atoms in total. The van der Waals surface area contributed by atoms with Crippen LogP contribution in [-0.2, 0) is 14.3 Å². The maximum Gasteiger partial charge on any atom is 1.00 e. The summed E-state index contributed by atoms with van der Waals surface area (Å²) in [7, 11) is 0. The second kappa shape index (κ2) is 25.2. The molecule has 0 aromatic heterocycles. The second-order valence-corrected chi connectivity index (χ2v) is 8.08. The quantitative estimate of drug-likeness (QED) is 0.123. The molecule has 28 heavy (non-hydrogen) atoms. The van der Waals surface area contributed by atoms with Crippen LogP contribution in [0.4, 0.5) is 0 Å². The van der Waals surface area contributed by atoms with Crippen LogP contribution in [0.5, 0.6) is 0 Å². The van der Waals surface area contributed by atoms with Gasteiger partial charge in [0.05, 0.1) is 0 Å². The Morgan fingerprint density at radius 1 is 0.571 bits per heavy atom. The Morgan fingerprint density at radius 2 is 0.857 bits per heavy atom. The van der Waals surface area contributed by atoms with E-state index in [-0.39, 0.29) is 37.0 Å². The summed E-state index contributed by atoms with van der Waals surface area (Å²) in [6.45, 7) is 3.55. The summed E-state index contributed by atoms with van der Waals surface area (Å²) in [5.41, 5.74) is 0. The molecule has 162 valence electrons. The van der Waals surface area contributed by atoms with Gasteiger partial charge < -0.3 is 6.16 Å². The van der Waals surface area contributed by atoms with Crippen molar-refractivity contribution in [1.82, 2.24) is 0 Å². The van der Waals surface area contributed by atoms with E-state index in [1.54, 1.807) is 0 Å². The summed E-state index contributed by atoms with van der Waals surface area (Å²) < 4.78 is 4.51. The molecule has 0 fully saturated rings. The fraction of sp³-hybridized carbons (Fsp3) is 0.917. The Morgan fingerprint density at radius 3 is 1.14 bits per heavy atom. The molecule has 0 saturated heterocycles. The van der Waals surface area contributed by atoms with E-state index in [1.165, 1.54) is 116 Å². The normalized spacial score (nSPS) is 10.5. The summed E-state index contributed by atoms with van der Waals surface area (Å²) in [4.78, 5) is 21.8. The molecule has 0 unspecified atom stereocenters. The van der Waals surface area contributed by atoms with Gasteiger partial charge >= 0.3 is 41.5 Å². The Labute approximate surface area is 198 Å². The number of esters is 2. The molecule has 0 aromatic carbocycles. The van der Waals surface area contributed by atoms with Crippen LogP contribution in [0.1, 0.15) is 144 Å². The number of carbonyl (C=O) groups excluding carboxylic acids is 2. The molecule has 0 rings (SSSR count). The van der Waals surface area contributed by atoms with E-state index < -0.39 is 5.97 Å².